The summed E-state index contributed by atoms with van der Waals surface area (Å²) in [4.78, 5) is 0. The Kier molecular flexibility index (Phi) is 4.02. The molecule has 0 spiro atoms. The van der Waals surface area contributed by atoms with Gasteiger partial charge in [-0.05, 0) is 79.5 Å². The number of nitrogens with one attached hydrogen (secondary N) is 1. The first-order chi connectivity index (χ1) is 16.9. The van der Waals surface area contributed by atoms with Gasteiger partial charge in [-0.25, -0.2) is 0 Å². The lowest BCUT2D eigenvalue weighted by atomic mass is 9.80. The lowest BCUT2D eigenvalue weighted by Crippen LogP contribution is -2.15. The molecule has 5 aromatic rings. The number of hydrogen-bond acceptors (Lipinski definition) is 1. The molecule has 0 saturated heterocycles. The maximum Gasteiger partial charge on any atom is 0.0390 e. The van der Waals surface area contributed by atoms with Crippen LogP contribution in [-0.2, 0) is 10.8 Å². The van der Waals surface area contributed by atoms with Crippen LogP contribution in [0.2, 0.25) is 0 Å². The van der Waals surface area contributed by atoms with Crippen LogP contribution in [0.5, 0.6) is 0 Å². The van der Waals surface area contributed by atoms with Gasteiger partial charge < -0.3 is 5.32 Å². The number of anilines is 2. The molecular weight excluding hydrogens is 422 g/mol. The molecule has 0 heterocycles. The minimum atomic E-state index is 0.000947. The van der Waals surface area contributed by atoms with Crippen LogP contribution in [0.15, 0.2) is 97.1 Å². The number of benzene rings is 5. The molecular formula is C34H29N. The molecule has 35 heavy (non-hydrogen) atoms. The lowest BCUT2D eigenvalue weighted by molar-refractivity contribution is 0.660. The Hall–Kier alpha value is -3.84. The molecule has 1 N–H and O–H groups in total. The quantitative estimate of drug-likeness (QED) is 0.282. The van der Waals surface area contributed by atoms with Crippen LogP contribution in [0.3, 0.4) is 0 Å². The summed E-state index contributed by atoms with van der Waals surface area (Å²) < 4.78 is 0. The first-order valence-electron chi connectivity index (χ1n) is 12.5. The van der Waals surface area contributed by atoms with E-state index >= 15 is 0 Å². The average Bonchev–Trinajstić information content (AvgIpc) is 3.24. The van der Waals surface area contributed by atoms with Gasteiger partial charge in [-0.3, -0.25) is 0 Å². The molecule has 0 aromatic heterocycles. The highest BCUT2D eigenvalue weighted by Crippen LogP contribution is 2.52. The third-order valence-corrected chi connectivity index (χ3v) is 8.41. The third kappa shape index (κ3) is 2.76. The Bertz CT molecular complexity index is 1670. The van der Waals surface area contributed by atoms with E-state index in [4.69, 9.17) is 0 Å². The molecule has 0 fully saturated rings. The molecule has 0 unspecified atom stereocenters. The van der Waals surface area contributed by atoms with Crippen LogP contribution in [0.4, 0.5) is 11.4 Å². The van der Waals surface area contributed by atoms with E-state index in [1.807, 2.05) is 0 Å². The maximum atomic E-state index is 3.70. The topological polar surface area (TPSA) is 12.0 Å². The van der Waals surface area contributed by atoms with E-state index in [0.29, 0.717) is 0 Å². The largest absolute Gasteiger partial charge is 0.355 e. The number of rotatable bonds is 2. The Morgan fingerprint density at radius 2 is 1.06 bits per heavy atom. The third-order valence-electron chi connectivity index (χ3n) is 8.41. The fourth-order valence-electron chi connectivity index (χ4n) is 6.65. The smallest absolute Gasteiger partial charge is 0.0390 e. The predicted octanol–water partition coefficient (Wildman–Crippen LogP) is 9.20. The van der Waals surface area contributed by atoms with Crippen molar-refractivity contribution in [2.75, 3.05) is 5.32 Å². The molecule has 0 amide bonds. The summed E-state index contributed by atoms with van der Waals surface area (Å²) in [6.45, 7) is 9.37. The SMILES string of the molecule is CC1(C)c2ccccc2-c2ccc(Nc3ccc4c5c(ccc4c3)-c3ccccc3C5(C)C)cc21. The van der Waals surface area contributed by atoms with E-state index in [1.54, 1.807) is 0 Å². The summed E-state index contributed by atoms with van der Waals surface area (Å²) >= 11 is 0. The summed E-state index contributed by atoms with van der Waals surface area (Å²) in [5, 5.41) is 6.32. The molecule has 170 valence electrons. The molecule has 0 saturated carbocycles. The highest BCUT2D eigenvalue weighted by molar-refractivity contribution is 5.99. The fraction of sp³-hybridized carbons (Fsp3) is 0.176. The van der Waals surface area contributed by atoms with Gasteiger partial charge in [0.05, 0.1) is 0 Å². The van der Waals surface area contributed by atoms with Crippen LogP contribution >= 0.6 is 0 Å². The first kappa shape index (κ1) is 20.5. The van der Waals surface area contributed by atoms with Gasteiger partial charge in [0, 0.05) is 22.2 Å². The fourth-order valence-corrected chi connectivity index (χ4v) is 6.65. The van der Waals surface area contributed by atoms with Crippen LogP contribution in [-0.4, -0.2) is 0 Å². The molecule has 1 heteroatoms. The lowest BCUT2D eigenvalue weighted by Gasteiger charge is -2.23. The van der Waals surface area contributed by atoms with Gasteiger partial charge in [0.15, 0.2) is 0 Å². The van der Waals surface area contributed by atoms with Crippen LogP contribution in [0, 0.1) is 0 Å². The van der Waals surface area contributed by atoms with E-state index in [9.17, 15) is 0 Å². The van der Waals surface area contributed by atoms with Crippen LogP contribution < -0.4 is 5.32 Å². The van der Waals surface area contributed by atoms with E-state index in [0.717, 1.165) is 11.4 Å². The second-order valence-electron chi connectivity index (χ2n) is 11.2. The zero-order valence-corrected chi connectivity index (χ0v) is 20.7. The van der Waals surface area contributed by atoms with Crippen molar-refractivity contribution in [1.82, 2.24) is 0 Å². The number of fused-ring (bicyclic) bond motifs is 8. The van der Waals surface area contributed by atoms with Crippen LogP contribution in [0.25, 0.3) is 33.0 Å². The van der Waals surface area contributed by atoms with E-state index < -0.39 is 0 Å². The van der Waals surface area contributed by atoms with Crippen molar-refractivity contribution in [3.05, 3.63) is 119 Å². The van der Waals surface area contributed by atoms with Crippen molar-refractivity contribution in [1.29, 1.82) is 0 Å². The van der Waals surface area contributed by atoms with Gasteiger partial charge >= 0.3 is 0 Å². The zero-order valence-electron chi connectivity index (χ0n) is 20.7. The zero-order chi connectivity index (χ0) is 23.9. The van der Waals surface area contributed by atoms with Gasteiger partial charge in [0.2, 0.25) is 0 Å². The summed E-state index contributed by atoms with van der Waals surface area (Å²) in [6.07, 6.45) is 0. The molecule has 7 rings (SSSR count). The molecule has 2 aliphatic rings. The van der Waals surface area contributed by atoms with Gasteiger partial charge in [-0.1, -0.05) is 100 Å². The minimum absolute atomic E-state index is 0.000947. The monoisotopic (exact) mass is 451 g/mol. The molecule has 0 radical (unpaired) electrons. The molecule has 0 atom stereocenters. The Morgan fingerprint density at radius 3 is 1.83 bits per heavy atom. The van der Waals surface area contributed by atoms with Gasteiger partial charge in [0.1, 0.15) is 0 Å². The Morgan fingerprint density at radius 1 is 0.486 bits per heavy atom. The predicted molar refractivity (Wildman–Crippen MR) is 149 cm³/mol. The molecule has 5 aromatic carbocycles. The second kappa shape index (κ2) is 6.86. The van der Waals surface area contributed by atoms with Crippen molar-refractivity contribution in [2.45, 2.75) is 38.5 Å². The molecule has 1 nitrogen and oxygen atoms in total. The summed E-state index contributed by atoms with van der Waals surface area (Å²) in [6, 6.07) is 35.9. The maximum absolute atomic E-state index is 3.70. The minimum Gasteiger partial charge on any atom is -0.355 e. The van der Waals surface area contributed by atoms with Crippen molar-refractivity contribution in [3.63, 3.8) is 0 Å². The van der Waals surface area contributed by atoms with E-state index in [1.165, 1.54) is 55.3 Å². The van der Waals surface area contributed by atoms with Crippen LogP contribution in [0.1, 0.15) is 49.9 Å². The van der Waals surface area contributed by atoms with Gasteiger partial charge in [-0.2, -0.15) is 0 Å². The Balaban J connectivity index is 1.28. The van der Waals surface area contributed by atoms with Crippen molar-refractivity contribution >= 4 is 22.1 Å². The first-order valence-corrected chi connectivity index (χ1v) is 12.5. The van der Waals surface area contributed by atoms with Gasteiger partial charge in [-0.15, -0.1) is 0 Å². The molecule has 0 aliphatic heterocycles. The Labute approximate surface area is 207 Å². The summed E-state index contributed by atoms with van der Waals surface area (Å²) in [5.74, 6) is 0. The second-order valence-corrected chi connectivity index (χ2v) is 11.2. The summed E-state index contributed by atoms with van der Waals surface area (Å²) in [7, 11) is 0. The molecule has 0 bridgehead atoms. The standard InChI is InChI=1S/C34H29N/c1-33(2)29-11-7-5-9-25(29)27-18-15-23(20-31(27)33)35-22-14-17-24-21(19-22)13-16-28-26-10-6-8-12-30(26)34(3,4)32(24)28/h5-20,35H,1-4H3. The van der Waals surface area contributed by atoms with E-state index in [-0.39, 0.29) is 10.8 Å². The van der Waals surface area contributed by atoms with Gasteiger partial charge in [0.25, 0.3) is 0 Å². The van der Waals surface area contributed by atoms with Crippen molar-refractivity contribution in [2.24, 2.45) is 0 Å². The molecule has 2 aliphatic carbocycles. The highest BCUT2D eigenvalue weighted by atomic mass is 14.9. The summed E-state index contributed by atoms with van der Waals surface area (Å²) in [5.41, 5.74) is 13.4. The highest BCUT2D eigenvalue weighted by Gasteiger charge is 2.37. The van der Waals surface area contributed by atoms with Crippen molar-refractivity contribution < 1.29 is 0 Å². The van der Waals surface area contributed by atoms with Crippen molar-refractivity contribution in [3.8, 4) is 22.3 Å². The van der Waals surface area contributed by atoms with E-state index in [2.05, 4.69) is 130 Å². The average molecular weight is 452 g/mol. The normalized spacial score (nSPS) is 15.9. The number of hydrogen-bond donors (Lipinski definition) is 1.